The molecule has 2 rings (SSSR count). The van der Waals surface area contributed by atoms with Crippen molar-refractivity contribution in [2.24, 2.45) is 0 Å². The molecule has 1 aliphatic heterocycles. The standard InChI is InChI=1S/C15H24N2O2/c1-17-6-4-5-13(17)11-16-10-12-7-14(18-2)9-15(8-12)19-3/h7-9,13,16H,4-6,10-11H2,1-3H3. The van der Waals surface area contributed by atoms with Crippen molar-refractivity contribution in [1.29, 1.82) is 0 Å². The van der Waals surface area contributed by atoms with Gasteiger partial charge in [-0.25, -0.2) is 0 Å². The zero-order valence-corrected chi connectivity index (χ0v) is 12.1. The molecular formula is C15H24N2O2. The van der Waals surface area contributed by atoms with Gasteiger partial charge in [-0.3, -0.25) is 0 Å². The highest BCUT2D eigenvalue weighted by Gasteiger charge is 2.19. The molecule has 1 saturated heterocycles. The maximum absolute atomic E-state index is 5.28. The molecule has 0 aliphatic carbocycles. The molecule has 1 heterocycles. The van der Waals surface area contributed by atoms with Crippen LogP contribution in [0.4, 0.5) is 0 Å². The molecule has 19 heavy (non-hydrogen) atoms. The molecule has 0 spiro atoms. The van der Waals surface area contributed by atoms with Crippen LogP contribution in [-0.4, -0.2) is 45.3 Å². The van der Waals surface area contributed by atoms with E-state index < -0.39 is 0 Å². The van der Waals surface area contributed by atoms with Crippen molar-refractivity contribution < 1.29 is 9.47 Å². The van der Waals surface area contributed by atoms with Crippen LogP contribution >= 0.6 is 0 Å². The van der Waals surface area contributed by atoms with E-state index in [-0.39, 0.29) is 0 Å². The Bertz CT molecular complexity index is 387. The molecule has 0 saturated carbocycles. The number of methoxy groups -OCH3 is 2. The summed E-state index contributed by atoms with van der Waals surface area (Å²) in [6, 6.07) is 6.67. The Morgan fingerprint density at radius 2 is 1.89 bits per heavy atom. The lowest BCUT2D eigenvalue weighted by molar-refractivity contribution is 0.300. The molecule has 1 atom stereocenters. The summed E-state index contributed by atoms with van der Waals surface area (Å²) < 4.78 is 10.6. The van der Waals surface area contributed by atoms with Crippen molar-refractivity contribution in [1.82, 2.24) is 10.2 Å². The van der Waals surface area contributed by atoms with Crippen LogP contribution in [0.15, 0.2) is 18.2 Å². The van der Waals surface area contributed by atoms with Crippen LogP contribution in [0.5, 0.6) is 11.5 Å². The average molecular weight is 264 g/mol. The zero-order valence-electron chi connectivity index (χ0n) is 12.1. The molecule has 0 amide bonds. The Morgan fingerprint density at radius 1 is 1.21 bits per heavy atom. The monoisotopic (exact) mass is 264 g/mol. The van der Waals surface area contributed by atoms with E-state index in [0.717, 1.165) is 24.6 Å². The fraction of sp³-hybridized carbons (Fsp3) is 0.600. The molecule has 4 heteroatoms. The fourth-order valence-electron chi connectivity index (χ4n) is 2.59. The van der Waals surface area contributed by atoms with Crippen molar-refractivity contribution in [2.45, 2.75) is 25.4 Å². The second-order valence-corrected chi connectivity index (χ2v) is 5.13. The predicted molar refractivity (Wildman–Crippen MR) is 76.9 cm³/mol. The summed E-state index contributed by atoms with van der Waals surface area (Å²) in [7, 11) is 5.56. The molecule has 1 N–H and O–H groups in total. The highest BCUT2D eigenvalue weighted by Crippen LogP contribution is 2.22. The van der Waals surface area contributed by atoms with E-state index in [0.29, 0.717) is 6.04 Å². The Kier molecular flexibility index (Phi) is 5.05. The smallest absolute Gasteiger partial charge is 0.122 e. The molecular weight excluding hydrogens is 240 g/mol. The van der Waals surface area contributed by atoms with Crippen molar-refractivity contribution in [3.63, 3.8) is 0 Å². The quantitative estimate of drug-likeness (QED) is 0.850. The van der Waals surface area contributed by atoms with Crippen LogP contribution in [0.25, 0.3) is 0 Å². The number of hydrogen-bond donors (Lipinski definition) is 1. The SMILES string of the molecule is COc1cc(CNCC2CCCN2C)cc(OC)c1. The molecule has 0 aromatic heterocycles. The third-order valence-electron chi connectivity index (χ3n) is 3.79. The second kappa shape index (κ2) is 6.78. The summed E-state index contributed by atoms with van der Waals surface area (Å²) in [6.45, 7) is 3.10. The first-order valence-corrected chi connectivity index (χ1v) is 6.86. The number of hydrogen-bond acceptors (Lipinski definition) is 4. The number of nitrogens with zero attached hydrogens (tertiary/aromatic N) is 1. The molecule has 1 aromatic carbocycles. The van der Waals surface area contributed by atoms with Crippen LogP contribution in [-0.2, 0) is 6.54 Å². The van der Waals surface area contributed by atoms with Gasteiger partial charge in [0.2, 0.25) is 0 Å². The van der Waals surface area contributed by atoms with Crippen LogP contribution in [0.1, 0.15) is 18.4 Å². The van der Waals surface area contributed by atoms with Gasteiger partial charge in [-0.05, 0) is 44.1 Å². The van der Waals surface area contributed by atoms with Gasteiger partial charge in [0.15, 0.2) is 0 Å². The van der Waals surface area contributed by atoms with E-state index >= 15 is 0 Å². The number of likely N-dealkylation sites (N-methyl/N-ethyl adjacent to an activating group) is 1. The highest BCUT2D eigenvalue weighted by atomic mass is 16.5. The number of ether oxygens (including phenoxy) is 2. The van der Waals surface area contributed by atoms with E-state index in [9.17, 15) is 0 Å². The fourth-order valence-corrected chi connectivity index (χ4v) is 2.59. The first-order valence-electron chi connectivity index (χ1n) is 6.86. The maximum Gasteiger partial charge on any atom is 0.122 e. The summed E-state index contributed by atoms with van der Waals surface area (Å²) in [6.07, 6.45) is 2.61. The predicted octanol–water partition coefficient (Wildman–Crippen LogP) is 1.89. The lowest BCUT2D eigenvalue weighted by Gasteiger charge is -2.20. The van der Waals surface area contributed by atoms with Gasteiger partial charge in [0, 0.05) is 25.2 Å². The average Bonchev–Trinajstić information content (AvgIpc) is 2.84. The topological polar surface area (TPSA) is 33.7 Å². The highest BCUT2D eigenvalue weighted by molar-refractivity contribution is 5.38. The largest absolute Gasteiger partial charge is 0.497 e. The summed E-state index contributed by atoms with van der Waals surface area (Å²) in [5.41, 5.74) is 1.19. The molecule has 0 radical (unpaired) electrons. The first kappa shape index (κ1) is 14.2. The molecule has 1 aromatic rings. The van der Waals surface area contributed by atoms with Gasteiger partial charge in [-0.2, -0.15) is 0 Å². The van der Waals surface area contributed by atoms with Crippen LogP contribution in [0.2, 0.25) is 0 Å². The van der Waals surface area contributed by atoms with Gasteiger partial charge in [-0.1, -0.05) is 0 Å². The molecule has 1 unspecified atom stereocenters. The van der Waals surface area contributed by atoms with E-state index in [1.807, 2.05) is 18.2 Å². The van der Waals surface area contributed by atoms with Gasteiger partial charge >= 0.3 is 0 Å². The van der Waals surface area contributed by atoms with Crippen molar-refractivity contribution >= 4 is 0 Å². The van der Waals surface area contributed by atoms with Crippen LogP contribution in [0.3, 0.4) is 0 Å². The summed E-state index contributed by atoms with van der Waals surface area (Å²) in [4.78, 5) is 2.43. The van der Waals surface area contributed by atoms with Gasteiger partial charge < -0.3 is 19.7 Å². The van der Waals surface area contributed by atoms with E-state index in [1.165, 1.54) is 24.9 Å². The minimum absolute atomic E-state index is 0.674. The third kappa shape index (κ3) is 3.85. The Labute approximate surface area is 115 Å². The van der Waals surface area contributed by atoms with Gasteiger partial charge in [0.25, 0.3) is 0 Å². The van der Waals surface area contributed by atoms with Crippen molar-refractivity contribution in [2.75, 3.05) is 34.4 Å². The minimum Gasteiger partial charge on any atom is -0.497 e. The molecule has 106 valence electrons. The Hall–Kier alpha value is -1.26. The van der Waals surface area contributed by atoms with Crippen molar-refractivity contribution in [3.8, 4) is 11.5 Å². The van der Waals surface area contributed by atoms with Gasteiger partial charge in [0.1, 0.15) is 11.5 Å². The number of benzene rings is 1. The molecule has 1 fully saturated rings. The van der Waals surface area contributed by atoms with Gasteiger partial charge in [-0.15, -0.1) is 0 Å². The number of rotatable bonds is 6. The normalized spacial score (nSPS) is 19.6. The van der Waals surface area contributed by atoms with Crippen molar-refractivity contribution in [3.05, 3.63) is 23.8 Å². The third-order valence-corrected chi connectivity index (χ3v) is 3.79. The molecule has 1 aliphatic rings. The number of likely N-dealkylation sites (tertiary alicyclic amines) is 1. The minimum atomic E-state index is 0.674. The van der Waals surface area contributed by atoms with Crippen LogP contribution in [0, 0.1) is 0 Å². The Morgan fingerprint density at radius 3 is 2.42 bits per heavy atom. The lowest BCUT2D eigenvalue weighted by atomic mass is 10.2. The first-order chi connectivity index (χ1) is 9.22. The van der Waals surface area contributed by atoms with E-state index in [4.69, 9.17) is 9.47 Å². The zero-order chi connectivity index (χ0) is 13.7. The van der Waals surface area contributed by atoms with Gasteiger partial charge in [0.05, 0.1) is 14.2 Å². The summed E-state index contributed by atoms with van der Waals surface area (Å²) >= 11 is 0. The van der Waals surface area contributed by atoms with E-state index in [1.54, 1.807) is 14.2 Å². The number of nitrogens with one attached hydrogen (secondary N) is 1. The molecule has 0 bridgehead atoms. The second-order valence-electron chi connectivity index (χ2n) is 5.13. The van der Waals surface area contributed by atoms with E-state index in [2.05, 4.69) is 17.3 Å². The Balaban J connectivity index is 1.88. The maximum atomic E-state index is 5.28. The summed E-state index contributed by atoms with van der Waals surface area (Å²) in [5.74, 6) is 1.68. The van der Waals surface area contributed by atoms with Crippen LogP contribution < -0.4 is 14.8 Å². The molecule has 4 nitrogen and oxygen atoms in total. The summed E-state index contributed by atoms with van der Waals surface area (Å²) in [5, 5.41) is 3.52. The lowest BCUT2D eigenvalue weighted by Crippen LogP contribution is -2.35.